The molecule has 0 bridgehead atoms. The summed E-state index contributed by atoms with van der Waals surface area (Å²) in [5.41, 5.74) is 1.48. The molecular weight excluding hydrogens is 305 g/mol. The number of rotatable bonds is 4. The summed E-state index contributed by atoms with van der Waals surface area (Å²) in [7, 11) is 0. The monoisotopic (exact) mass is 327 g/mol. The van der Waals surface area contributed by atoms with Crippen LogP contribution in [0.3, 0.4) is 0 Å². The zero-order chi connectivity index (χ0) is 12.9. The van der Waals surface area contributed by atoms with Crippen LogP contribution in [-0.4, -0.2) is 27.5 Å². The summed E-state index contributed by atoms with van der Waals surface area (Å²) in [6.07, 6.45) is 9.64. The Morgan fingerprint density at radius 1 is 1.05 bits per heavy atom. The second kappa shape index (κ2) is 9.08. The van der Waals surface area contributed by atoms with Crippen LogP contribution in [0, 0.1) is 5.92 Å². The Morgan fingerprint density at radius 3 is 2.38 bits per heavy atom. The Morgan fingerprint density at radius 2 is 1.76 bits per heavy atom. The molecule has 0 unspecified atom stereocenters. The third-order valence-electron chi connectivity index (χ3n) is 4.00. The Labute approximate surface area is 139 Å². The van der Waals surface area contributed by atoms with Gasteiger partial charge in [0.2, 0.25) is 0 Å². The molecule has 0 aliphatic carbocycles. The molecule has 0 saturated carbocycles. The lowest BCUT2D eigenvalue weighted by Crippen LogP contribution is -2.35. The predicted molar refractivity (Wildman–Crippen MR) is 91.2 cm³/mol. The first kappa shape index (κ1) is 18.0. The molecule has 2 heterocycles. The smallest absolute Gasteiger partial charge is 0.0956 e. The summed E-state index contributed by atoms with van der Waals surface area (Å²) in [5.74, 6) is 0.849. The first-order valence-corrected chi connectivity index (χ1v) is 7.12. The van der Waals surface area contributed by atoms with Crippen molar-refractivity contribution in [1.82, 2.24) is 14.5 Å². The first-order valence-electron chi connectivity index (χ1n) is 7.12. The van der Waals surface area contributed by atoms with Crippen LogP contribution in [0.5, 0.6) is 0 Å². The molecule has 1 aromatic heterocycles. The first-order chi connectivity index (χ1) is 9.40. The van der Waals surface area contributed by atoms with Crippen molar-refractivity contribution >= 4 is 24.8 Å². The molecular formula is C16H23Cl2N3. The molecule has 3 rings (SSSR count). The Kier molecular flexibility index (Phi) is 7.79. The number of aromatic nitrogens is 2. The van der Waals surface area contributed by atoms with E-state index in [0.717, 1.165) is 12.6 Å². The normalized spacial score (nSPS) is 16.0. The fraction of sp³-hybridized carbons (Fsp3) is 0.438. The SMILES string of the molecule is Cl.Cl.c1ccc(CC2CCN(Cn3ccnc3)CC2)cc1. The highest BCUT2D eigenvalue weighted by Crippen LogP contribution is 2.21. The van der Waals surface area contributed by atoms with Gasteiger partial charge in [0, 0.05) is 25.5 Å². The van der Waals surface area contributed by atoms with Crippen molar-refractivity contribution in [2.45, 2.75) is 25.9 Å². The molecule has 1 fully saturated rings. The van der Waals surface area contributed by atoms with E-state index >= 15 is 0 Å². The lowest BCUT2D eigenvalue weighted by molar-refractivity contribution is 0.147. The third-order valence-corrected chi connectivity index (χ3v) is 4.00. The van der Waals surface area contributed by atoms with Crippen LogP contribution in [0.2, 0.25) is 0 Å². The van der Waals surface area contributed by atoms with Crippen molar-refractivity contribution in [3.63, 3.8) is 0 Å². The molecule has 0 radical (unpaired) electrons. The number of hydrogen-bond donors (Lipinski definition) is 0. The number of nitrogens with zero attached hydrogens (tertiary/aromatic N) is 3. The van der Waals surface area contributed by atoms with Crippen molar-refractivity contribution in [3.05, 3.63) is 54.6 Å². The van der Waals surface area contributed by atoms with Crippen LogP contribution in [0.15, 0.2) is 49.1 Å². The molecule has 116 valence electrons. The zero-order valence-electron chi connectivity index (χ0n) is 12.1. The Hall–Kier alpha value is -1.03. The number of likely N-dealkylation sites (tertiary alicyclic amines) is 1. The number of hydrogen-bond acceptors (Lipinski definition) is 2. The minimum atomic E-state index is 0. The highest BCUT2D eigenvalue weighted by molar-refractivity contribution is 5.85. The molecule has 2 aromatic rings. The summed E-state index contributed by atoms with van der Waals surface area (Å²) >= 11 is 0. The Bertz CT molecular complexity index is 479. The highest BCUT2D eigenvalue weighted by atomic mass is 35.5. The molecule has 1 aliphatic rings. The van der Waals surface area contributed by atoms with Gasteiger partial charge in [0.05, 0.1) is 13.0 Å². The predicted octanol–water partition coefficient (Wildman–Crippen LogP) is 3.64. The van der Waals surface area contributed by atoms with Crippen molar-refractivity contribution in [2.75, 3.05) is 13.1 Å². The topological polar surface area (TPSA) is 21.1 Å². The number of halogens is 2. The summed E-state index contributed by atoms with van der Waals surface area (Å²) in [4.78, 5) is 6.61. The second-order valence-electron chi connectivity index (χ2n) is 5.47. The molecule has 0 amide bonds. The van der Waals surface area contributed by atoms with Crippen molar-refractivity contribution in [3.8, 4) is 0 Å². The van der Waals surface area contributed by atoms with Gasteiger partial charge in [-0.3, -0.25) is 4.90 Å². The van der Waals surface area contributed by atoms with Gasteiger partial charge in [-0.1, -0.05) is 30.3 Å². The highest BCUT2D eigenvalue weighted by Gasteiger charge is 2.19. The number of piperidine rings is 1. The van der Waals surface area contributed by atoms with Gasteiger partial charge >= 0.3 is 0 Å². The Balaban J connectivity index is 0.00000110. The van der Waals surface area contributed by atoms with Crippen LogP contribution < -0.4 is 0 Å². The van der Waals surface area contributed by atoms with E-state index in [1.165, 1.54) is 37.9 Å². The van der Waals surface area contributed by atoms with Crippen LogP contribution >= 0.6 is 24.8 Å². The number of benzene rings is 1. The van der Waals surface area contributed by atoms with E-state index in [1.54, 1.807) is 0 Å². The molecule has 5 heteroatoms. The zero-order valence-corrected chi connectivity index (χ0v) is 13.7. The van der Waals surface area contributed by atoms with Crippen LogP contribution in [0.4, 0.5) is 0 Å². The van der Waals surface area contributed by atoms with Gasteiger partial charge in [-0.2, -0.15) is 0 Å². The standard InChI is InChI=1S/C16H21N3.2ClH/c1-2-4-15(5-3-1)12-16-6-9-18(10-7-16)14-19-11-8-17-13-19;;/h1-5,8,11,13,16H,6-7,9-10,12,14H2;2*1H. The largest absolute Gasteiger partial charge is 0.324 e. The maximum absolute atomic E-state index is 4.09. The third kappa shape index (κ3) is 5.34. The van der Waals surface area contributed by atoms with Crippen LogP contribution in [0.25, 0.3) is 0 Å². The van der Waals surface area contributed by atoms with Gasteiger partial charge in [0.1, 0.15) is 0 Å². The number of imidazole rings is 1. The fourth-order valence-corrected chi connectivity index (χ4v) is 2.88. The lowest BCUT2D eigenvalue weighted by atomic mass is 9.90. The van der Waals surface area contributed by atoms with Gasteiger partial charge in [0.25, 0.3) is 0 Å². The van der Waals surface area contributed by atoms with Gasteiger partial charge in [-0.25, -0.2) is 4.98 Å². The summed E-state index contributed by atoms with van der Waals surface area (Å²) in [5, 5.41) is 0. The quantitative estimate of drug-likeness (QED) is 0.854. The van der Waals surface area contributed by atoms with E-state index in [9.17, 15) is 0 Å². The van der Waals surface area contributed by atoms with Gasteiger partial charge in [-0.05, 0) is 30.7 Å². The van der Waals surface area contributed by atoms with Crippen molar-refractivity contribution in [2.24, 2.45) is 5.92 Å². The molecule has 0 spiro atoms. The van der Waals surface area contributed by atoms with Gasteiger partial charge in [0.15, 0.2) is 0 Å². The van der Waals surface area contributed by atoms with E-state index in [4.69, 9.17) is 0 Å². The molecule has 0 N–H and O–H groups in total. The van der Waals surface area contributed by atoms with Crippen LogP contribution in [0.1, 0.15) is 18.4 Å². The van der Waals surface area contributed by atoms with Crippen LogP contribution in [-0.2, 0) is 13.1 Å². The van der Waals surface area contributed by atoms with Gasteiger partial charge in [-0.15, -0.1) is 24.8 Å². The molecule has 0 atom stereocenters. The fourth-order valence-electron chi connectivity index (χ4n) is 2.88. The van der Waals surface area contributed by atoms with E-state index in [1.807, 2.05) is 18.7 Å². The van der Waals surface area contributed by atoms with Gasteiger partial charge < -0.3 is 4.57 Å². The maximum Gasteiger partial charge on any atom is 0.0956 e. The van der Waals surface area contributed by atoms with E-state index in [2.05, 4.69) is 44.8 Å². The van der Waals surface area contributed by atoms with E-state index in [-0.39, 0.29) is 24.8 Å². The molecule has 1 aliphatic heterocycles. The molecule has 1 aromatic carbocycles. The second-order valence-corrected chi connectivity index (χ2v) is 5.47. The lowest BCUT2D eigenvalue weighted by Gasteiger charge is -2.32. The maximum atomic E-state index is 4.09. The molecule has 21 heavy (non-hydrogen) atoms. The van der Waals surface area contributed by atoms with E-state index < -0.39 is 0 Å². The molecule has 1 saturated heterocycles. The summed E-state index contributed by atoms with van der Waals surface area (Å²) in [6.45, 7) is 3.39. The molecule has 3 nitrogen and oxygen atoms in total. The van der Waals surface area contributed by atoms with Crippen molar-refractivity contribution in [1.29, 1.82) is 0 Å². The average molecular weight is 328 g/mol. The minimum Gasteiger partial charge on any atom is -0.324 e. The van der Waals surface area contributed by atoms with E-state index in [0.29, 0.717) is 0 Å². The minimum absolute atomic E-state index is 0. The summed E-state index contributed by atoms with van der Waals surface area (Å²) < 4.78 is 2.15. The van der Waals surface area contributed by atoms with Crippen molar-refractivity contribution < 1.29 is 0 Å². The average Bonchev–Trinajstić information content (AvgIpc) is 2.95. The summed E-state index contributed by atoms with van der Waals surface area (Å²) in [6, 6.07) is 10.9.